The number of rotatable bonds is 2. The molecule has 0 saturated carbocycles. The quantitative estimate of drug-likeness (QED) is 0.797. The zero-order valence-corrected chi connectivity index (χ0v) is 12.6. The SMILES string of the molecule is Cn1ccc([C@H]2CCCN(C(=O)c3ccc(F)c(F)c3F)C2)n1. The van der Waals surface area contributed by atoms with Crippen LogP contribution in [0.3, 0.4) is 0 Å². The molecule has 0 N–H and O–H groups in total. The summed E-state index contributed by atoms with van der Waals surface area (Å²) in [4.78, 5) is 13.9. The number of aromatic nitrogens is 2. The van der Waals surface area contributed by atoms with Crippen LogP contribution in [0.4, 0.5) is 13.2 Å². The van der Waals surface area contributed by atoms with E-state index in [1.165, 1.54) is 4.90 Å². The Morgan fingerprint density at radius 2 is 2.00 bits per heavy atom. The average Bonchev–Trinajstić information content (AvgIpc) is 2.99. The van der Waals surface area contributed by atoms with Crippen molar-refractivity contribution in [3.63, 3.8) is 0 Å². The van der Waals surface area contributed by atoms with Gasteiger partial charge in [0.2, 0.25) is 0 Å². The number of hydrogen-bond acceptors (Lipinski definition) is 2. The maximum Gasteiger partial charge on any atom is 0.256 e. The Morgan fingerprint density at radius 3 is 2.70 bits per heavy atom. The molecule has 1 saturated heterocycles. The van der Waals surface area contributed by atoms with Gasteiger partial charge in [-0.2, -0.15) is 5.10 Å². The lowest BCUT2D eigenvalue weighted by molar-refractivity contribution is 0.0699. The largest absolute Gasteiger partial charge is 0.338 e. The molecule has 0 spiro atoms. The lowest BCUT2D eigenvalue weighted by atomic mass is 9.94. The Balaban J connectivity index is 1.81. The standard InChI is InChI=1S/C16H16F3N3O/c1-21-8-6-13(20-21)10-3-2-7-22(9-10)16(23)11-4-5-12(17)15(19)14(11)18/h4-6,8,10H,2-3,7,9H2,1H3/t10-/m0/s1. The Morgan fingerprint density at radius 1 is 1.22 bits per heavy atom. The molecule has 1 aromatic heterocycles. The number of piperidine rings is 1. The van der Waals surface area contributed by atoms with Crippen molar-refractivity contribution in [1.29, 1.82) is 0 Å². The maximum absolute atomic E-state index is 13.8. The molecule has 23 heavy (non-hydrogen) atoms. The first-order chi connectivity index (χ1) is 11.0. The van der Waals surface area contributed by atoms with E-state index < -0.39 is 28.9 Å². The number of likely N-dealkylation sites (tertiary alicyclic amines) is 1. The monoisotopic (exact) mass is 323 g/mol. The van der Waals surface area contributed by atoms with Gasteiger partial charge in [0.1, 0.15) is 0 Å². The van der Waals surface area contributed by atoms with Gasteiger partial charge in [0.05, 0.1) is 11.3 Å². The smallest absolute Gasteiger partial charge is 0.256 e. The molecule has 0 radical (unpaired) electrons. The maximum atomic E-state index is 13.8. The van der Waals surface area contributed by atoms with Gasteiger partial charge >= 0.3 is 0 Å². The average molecular weight is 323 g/mol. The second kappa shape index (κ2) is 6.06. The Labute approximate surface area is 131 Å². The van der Waals surface area contributed by atoms with Crippen LogP contribution in [-0.4, -0.2) is 33.7 Å². The minimum atomic E-state index is -1.62. The van der Waals surface area contributed by atoms with Crippen LogP contribution in [-0.2, 0) is 7.05 Å². The molecule has 4 nitrogen and oxygen atoms in total. The van der Waals surface area contributed by atoms with Crippen LogP contribution in [0.1, 0.15) is 34.8 Å². The van der Waals surface area contributed by atoms with E-state index in [2.05, 4.69) is 5.10 Å². The zero-order valence-electron chi connectivity index (χ0n) is 12.6. The molecule has 1 atom stereocenters. The summed E-state index contributed by atoms with van der Waals surface area (Å²) in [5.41, 5.74) is 0.432. The summed E-state index contributed by atoms with van der Waals surface area (Å²) >= 11 is 0. The topological polar surface area (TPSA) is 38.1 Å². The zero-order chi connectivity index (χ0) is 16.6. The molecule has 1 aliphatic rings. The van der Waals surface area contributed by atoms with Crippen LogP contribution in [0, 0.1) is 17.5 Å². The summed E-state index contributed by atoms with van der Waals surface area (Å²) in [5.74, 6) is -4.92. The van der Waals surface area contributed by atoms with Gasteiger partial charge < -0.3 is 4.90 Å². The van der Waals surface area contributed by atoms with Crippen molar-refractivity contribution in [3.8, 4) is 0 Å². The predicted octanol–water partition coefficient (Wildman–Crippen LogP) is 2.86. The van der Waals surface area contributed by atoms with Crippen LogP contribution in [0.2, 0.25) is 0 Å². The molecule has 0 bridgehead atoms. The summed E-state index contributed by atoms with van der Waals surface area (Å²) in [6.45, 7) is 0.842. The summed E-state index contributed by atoms with van der Waals surface area (Å²) in [7, 11) is 1.81. The van der Waals surface area contributed by atoms with Crippen molar-refractivity contribution >= 4 is 5.91 Å². The van der Waals surface area contributed by atoms with Crippen LogP contribution in [0.15, 0.2) is 24.4 Å². The number of nitrogens with zero attached hydrogens (tertiary/aromatic N) is 3. The van der Waals surface area contributed by atoms with Gasteiger partial charge in [-0.1, -0.05) is 0 Å². The summed E-state index contributed by atoms with van der Waals surface area (Å²) in [5, 5.41) is 4.34. The molecule has 2 heterocycles. The van der Waals surface area contributed by atoms with Gasteiger partial charge in [-0.3, -0.25) is 9.48 Å². The highest BCUT2D eigenvalue weighted by Crippen LogP contribution is 2.27. The molecule has 2 aromatic rings. The van der Waals surface area contributed by atoms with Crippen molar-refractivity contribution in [1.82, 2.24) is 14.7 Å². The number of carbonyl (C=O) groups is 1. The Kier molecular flexibility index (Phi) is 4.11. The highest BCUT2D eigenvalue weighted by molar-refractivity contribution is 5.94. The predicted molar refractivity (Wildman–Crippen MR) is 77.4 cm³/mol. The van der Waals surface area contributed by atoms with Crippen molar-refractivity contribution in [3.05, 3.63) is 53.1 Å². The highest BCUT2D eigenvalue weighted by atomic mass is 19.2. The highest BCUT2D eigenvalue weighted by Gasteiger charge is 2.29. The molecule has 122 valence electrons. The fraction of sp³-hybridized carbons (Fsp3) is 0.375. The van der Waals surface area contributed by atoms with E-state index >= 15 is 0 Å². The summed E-state index contributed by atoms with van der Waals surface area (Å²) in [6, 6.07) is 3.64. The number of aryl methyl sites for hydroxylation is 1. The van der Waals surface area contributed by atoms with Gasteiger partial charge in [-0.25, -0.2) is 13.2 Å². The summed E-state index contributed by atoms with van der Waals surface area (Å²) in [6.07, 6.45) is 3.45. The third-order valence-corrected chi connectivity index (χ3v) is 4.13. The Bertz CT molecular complexity index is 744. The number of amides is 1. The Hall–Kier alpha value is -2.31. The molecule has 0 unspecified atom stereocenters. The fourth-order valence-electron chi connectivity index (χ4n) is 2.92. The number of carbonyl (C=O) groups excluding carboxylic acids is 1. The van der Waals surface area contributed by atoms with Crippen molar-refractivity contribution in [2.75, 3.05) is 13.1 Å². The molecular formula is C16H16F3N3O. The second-order valence-corrected chi connectivity index (χ2v) is 5.73. The molecule has 1 fully saturated rings. The first-order valence-corrected chi connectivity index (χ1v) is 7.39. The fourth-order valence-corrected chi connectivity index (χ4v) is 2.92. The van der Waals surface area contributed by atoms with Crippen LogP contribution < -0.4 is 0 Å². The van der Waals surface area contributed by atoms with Gasteiger partial charge in [0, 0.05) is 32.3 Å². The minimum absolute atomic E-state index is 0.0576. The first kappa shape index (κ1) is 15.6. The van der Waals surface area contributed by atoms with E-state index in [0.717, 1.165) is 30.7 Å². The van der Waals surface area contributed by atoms with E-state index in [9.17, 15) is 18.0 Å². The first-order valence-electron chi connectivity index (χ1n) is 7.39. The van der Waals surface area contributed by atoms with Crippen molar-refractivity contribution in [2.24, 2.45) is 7.05 Å². The lowest BCUT2D eigenvalue weighted by Crippen LogP contribution is -2.39. The lowest BCUT2D eigenvalue weighted by Gasteiger charge is -2.32. The number of benzene rings is 1. The molecule has 0 aliphatic carbocycles. The second-order valence-electron chi connectivity index (χ2n) is 5.73. The van der Waals surface area contributed by atoms with Gasteiger partial charge in [0.25, 0.3) is 5.91 Å². The van der Waals surface area contributed by atoms with E-state index in [1.807, 2.05) is 19.3 Å². The van der Waals surface area contributed by atoms with Crippen LogP contribution in [0.5, 0.6) is 0 Å². The molecule has 1 amide bonds. The van der Waals surface area contributed by atoms with Crippen molar-refractivity contribution in [2.45, 2.75) is 18.8 Å². The van der Waals surface area contributed by atoms with E-state index in [0.29, 0.717) is 13.1 Å². The number of halogens is 3. The molecule has 1 aromatic carbocycles. The van der Waals surface area contributed by atoms with Gasteiger partial charge in [-0.05, 0) is 31.0 Å². The van der Waals surface area contributed by atoms with Crippen LogP contribution >= 0.6 is 0 Å². The summed E-state index contributed by atoms with van der Waals surface area (Å²) < 4.78 is 41.8. The van der Waals surface area contributed by atoms with E-state index in [-0.39, 0.29) is 5.92 Å². The third-order valence-electron chi connectivity index (χ3n) is 4.13. The van der Waals surface area contributed by atoms with Gasteiger partial charge in [0.15, 0.2) is 17.5 Å². The molecule has 7 heteroatoms. The normalized spacial score (nSPS) is 18.3. The third kappa shape index (κ3) is 2.95. The minimum Gasteiger partial charge on any atom is -0.338 e. The van der Waals surface area contributed by atoms with Crippen molar-refractivity contribution < 1.29 is 18.0 Å². The van der Waals surface area contributed by atoms with E-state index in [1.54, 1.807) is 4.68 Å². The molecular weight excluding hydrogens is 307 g/mol. The van der Waals surface area contributed by atoms with E-state index in [4.69, 9.17) is 0 Å². The molecule has 3 rings (SSSR count). The van der Waals surface area contributed by atoms with Crippen LogP contribution in [0.25, 0.3) is 0 Å². The molecule has 1 aliphatic heterocycles. The number of hydrogen-bond donors (Lipinski definition) is 0. The van der Waals surface area contributed by atoms with Gasteiger partial charge in [-0.15, -0.1) is 0 Å².